The maximum absolute atomic E-state index is 12.9. The Morgan fingerprint density at radius 3 is 2.41 bits per heavy atom. The van der Waals surface area contributed by atoms with Crippen molar-refractivity contribution < 1.29 is 4.79 Å². The molecule has 0 fully saturated rings. The summed E-state index contributed by atoms with van der Waals surface area (Å²) in [5.41, 5.74) is 4.42. The van der Waals surface area contributed by atoms with Crippen molar-refractivity contribution in [2.45, 2.75) is 13.8 Å². The van der Waals surface area contributed by atoms with Gasteiger partial charge in [-0.05, 0) is 67.4 Å². The Balaban J connectivity index is 1.75. The number of nitrogens with one attached hydrogen (secondary N) is 1. The average molecular weight is 403 g/mol. The highest BCUT2D eigenvalue weighted by atomic mass is 35.5. The number of para-hydroxylation sites is 1. The van der Waals surface area contributed by atoms with Gasteiger partial charge in [0.25, 0.3) is 5.91 Å². The first-order chi connectivity index (χ1) is 14.0. The van der Waals surface area contributed by atoms with Crippen LogP contribution in [0.2, 0.25) is 5.02 Å². The second-order valence-corrected chi connectivity index (χ2v) is 7.22. The van der Waals surface area contributed by atoms with Gasteiger partial charge in [0.15, 0.2) is 5.82 Å². The summed E-state index contributed by atoms with van der Waals surface area (Å²) in [5, 5.41) is 8.04. The van der Waals surface area contributed by atoms with Crippen molar-refractivity contribution in [1.29, 1.82) is 0 Å². The molecule has 0 saturated carbocycles. The molecule has 0 aliphatic heterocycles. The normalized spacial score (nSPS) is 10.7. The average Bonchev–Trinajstić information content (AvgIpc) is 3.17. The molecule has 0 aliphatic rings. The number of carbonyl (C=O) groups excluding carboxylic acids is 1. The third-order valence-corrected chi connectivity index (χ3v) is 4.81. The van der Waals surface area contributed by atoms with Crippen molar-refractivity contribution in [3.05, 3.63) is 94.8 Å². The van der Waals surface area contributed by atoms with E-state index in [4.69, 9.17) is 11.6 Å². The Morgan fingerprint density at radius 2 is 1.69 bits per heavy atom. The molecule has 1 N–H and O–H groups in total. The second-order valence-electron chi connectivity index (χ2n) is 6.79. The monoisotopic (exact) mass is 402 g/mol. The summed E-state index contributed by atoms with van der Waals surface area (Å²) >= 11 is 6.02. The van der Waals surface area contributed by atoms with E-state index in [2.05, 4.69) is 15.4 Å². The Labute approximate surface area is 174 Å². The lowest BCUT2D eigenvalue weighted by molar-refractivity contribution is 0.101. The molecular weight excluding hydrogens is 384 g/mol. The number of amides is 1. The fraction of sp³-hybridized carbons (Fsp3) is 0.0870. The lowest BCUT2D eigenvalue weighted by atomic mass is 10.1. The first-order valence-electron chi connectivity index (χ1n) is 9.18. The van der Waals surface area contributed by atoms with Crippen molar-refractivity contribution in [3.63, 3.8) is 0 Å². The quantitative estimate of drug-likeness (QED) is 0.493. The van der Waals surface area contributed by atoms with Crippen LogP contribution in [0.3, 0.4) is 0 Å². The van der Waals surface area contributed by atoms with Crippen LogP contribution < -0.4 is 5.32 Å². The van der Waals surface area contributed by atoms with Crippen LogP contribution in [-0.2, 0) is 0 Å². The van der Waals surface area contributed by atoms with Gasteiger partial charge in [0.1, 0.15) is 0 Å². The maximum atomic E-state index is 12.9. The number of halogens is 1. The largest absolute Gasteiger partial charge is 0.319 e. The lowest BCUT2D eigenvalue weighted by Crippen LogP contribution is -2.15. The topological polar surface area (TPSA) is 59.8 Å². The molecule has 3 aromatic carbocycles. The van der Waals surface area contributed by atoms with Gasteiger partial charge in [0, 0.05) is 16.3 Å². The fourth-order valence-corrected chi connectivity index (χ4v) is 3.12. The molecule has 0 bridgehead atoms. The van der Waals surface area contributed by atoms with E-state index in [1.807, 2.05) is 74.5 Å². The first kappa shape index (κ1) is 18.9. The summed E-state index contributed by atoms with van der Waals surface area (Å²) in [6.45, 7) is 3.93. The molecule has 4 rings (SSSR count). The third kappa shape index (κ3) is 4.05. The van der Waals surface area contributed by atoms with Gasteiger partial charge in [-0.25, -0.2) is 9.67 Å². The molecule has 5 nitrogen and oxygen atoms in total. The number of benzene rings is 3. The number of nitrogens with zero attached hydrogens (tertiary/aromatic N) is 3. The summed E-state index contributed by atoms with van der Waals surface area (Å²) in [4.78, 5) is 17.4. The number of hydrogen-bond donors (Lipinski definition) is 1. The molecule has 0 aliphatic carbocycles. The number of aryl methyl sites for hydroxylation is 2. The van der Waals surface area contributed by atoms with Gasteiger partial charge in [-0.3, -0.25) is 4.79 Å². The predicted molar refractivity (Wildman–Crippen MR) is 116 cm³/mol. The number of rotatable bonds is 4. The van der Waals surface area contributed by atoms with Crippen molar-refractivity contribution in [2.24, 2.45) is 0 Å². The molecule has 1 amide bonds. The van der Waals surface area contributed by atoms with Crippen molar-refractivity contribution >= 4 is 23.2 Å². The zero-order chi connectivity index (χ0) is 20.4. The molecule has 6 heteroatoms. The Hall–Kier alpha value is -3.44. The molecule has 144 valence electrons. The van der Waals surface area contributed by atoms with E-state index in [1.165, 1.54) is 0 Å². The molecule has 0 saturated heterocycles. The number of hydrogen-bond acceptors (Lipinski definition) is 3. The molecule has 1 heterocycles. The van der Waals surface area contributed by atoms with E-state index in [0.717, 1.165) is 28.1 Å². The Kier molecular flexibility index (Phi) is 5.14. The molecule has 0 radical (unpaired) electrons. The molecule has 1 aromatic heterocycles. The molecule has 0 unspecified atom stereocenters. The van der Waals surface area contributed by atoms with Crippen LogP contribution in [-0.4, -0.2) is 20.7 Å². The van der Waals surface area contributed by atoms with Crippen LogP contribution in [0.4, 0.5) is 5.69 Å². The van der Waals surface area contributed by atoms with Gasteiger partial charge in [0.2, 0.25) is 5.82 Å². The van der Waals surface area contributed by atoms with Crippen molar-refractivity contribution in [3.8, 4) is 17.1 Å². The summed E-state index contributed by atoms with van der Waals surface area (Å²) in [6.07, 6.45) is 0. The molecule has 4 aromatic rings. The highest BCUT2D eigenvalue weighted by molar-refractivity contribution is 6.30. The van der Waals surface area contributed by atoms with E-state index in [9.17, 15) is 4.79 Å². The SMILES string of the molecule is Cc1ccc(C)c(NC(=O)c2nc(-c3ccc(Cl)cc3)n(-c3ccccc3)n2)c1. The summed E-state index contributed by atoms with van der Waals surface area (Å²) in [5.74, 6) is 0.308. The molecular formula is C23H19ClN4O. The highest BCUT2D eigenvalue weighted by Gasteiger charge is 2.19. The zero-order valence-corrected chi connectivity index (χ0v) is 16.8. The van der Waals surface area contributed by atoms with Crippen molar-refractivity contribution in [1.82, 2.24) is 14.8 Å². The third-order valence-electron chi connectivity index (χ3n) is 4.55. The van der Waals surface area contributed by atoms with E-state index >= 15 is 0 Å². The number of aromatic nitrogens is 3. The van der Waals surface area contributed by atoms with Gasteiger partial charge in [-0.2, -0.15) is 0 Å². The Morgan fingerprint density at radius 1 is 0.966 bits per heavy atom. The highest BCUT2D eigenvalue weighted by Crippen LogP contribution is 2.24. The minimum Gasteiger partial charge on any atom is -0.319 e. The summed E-state index contributed by atoms with van der Waals surface area (Å²) in [6, 6.07) is 22.8. The minimum absolute atomic E-state index is 0.0970. The van der Waals surface area contributed by atoms with E-state index in [0.29, 0.717) is 10.8 Å². The van der Waals surface area contributed by atoms with E-state index in [-0.39, 0.29) is 11.7 Å². The van der Waals surface area contributed by atoms with Crippen molar-refractivity contribution in [2.75, 3.05) is 5.32 Å². The Bertz CT molecular complexity index is 1170. The summed E-state index contributed by atoms with van der Waals surface area (Å²) < 4.78 is 1.67. The molecule has 29 heavy (non-hydrogen) atoms. The maximum Gasteiger partial charge on any atom is 0.295 e. The van der Waals surface area contributed by atoms with E-state index in [1.54, 1.807) is 16.8 Å². The van der Waals surface area contributed by atoms with Gasteiger partial charge < -0.3 is 5.32 Å². The minimum atomic E-state index is -0.358. The van der Waals surface area contributed by atoms with Gasteiger partial charge in [-0.15, -0.1) is 5.10 Å². The van der Waals surface area contributed by atoms with Crippen LogP contribution in [0.25, 0.3) is 17.1 Å². The van der Waals surface area contributed by atoms with Gasteiger partial charge in [-0.1, -0.05) is 41.9 Å². The number of carbonyl (C=O) groups is 1. The van der Waals surface area contributed by atoms with Crippen LogP contribution in [0.1, 0.15) is 21.7 Å². The fourth-order valence-electron chi connectivity index (χ4n) is 2.99. The second kappa shape index (κ2) is 7.89. The van der Waals surface area contributed by atoms with Gasteiger partial charge in [0.05, 0.1) is 5.69 Å². The van der Waals surface area contributed by atoms with Crippen LogP contribution in [0.5, 0.6) is 0 Å². The zero-order valence-electron chi connectivity index (χ0n) is 16.1. The van der Waals surface area contributed by atoms with E-state index < -0.39 is 0 Å². The molecule has 0 atom stereocenters. The van der Waals surface area contributed by atoms with Crippen LogP contribution in [0, 0.1) is 13.8 Å². The first-order valence-corrected chi connectivity index (χ1v) is 9.56. The smallest absolute Gasteiger partial charge is 0.295 e. The van der Waals surface area contributed by atoms with Gasteiger partial charge >= 0.3 is 0 Å². The van der Waals surface area contributed by atoms with Crippen LogP contribution >= 0.6 is 11.6 Å². The standard InChI is InChI=1S/C23H19ClN4O/c1-15-8-9-16(2)20(14-15)25-23(29)21-26-22(17-10-12-18(24)13-11-17)28(27-21)19-6-4-3-5-7-19/h3-14H,1-2H3,(H,25,29). The summed E-state index contributed by atoms with van der Waals surface area (Å²) in [7, 11) is 0. The van der Waals surface area contributed by atoms with Crippen LogP contribution in [0.15, 0.2) is 72.8 Å². The predicted octanol–water partition coefficient (Wildman–Crippen LogP) is 5.46. The lowest BCUT2D eigenvalue weighted by Gasteiger charge is -2.07. The molecule has 0 spiro atoms. The number of anilines is 1.